The zero-order chi connectivity index (χ0) is 13.2. The molecule has 2 saturated carbocycles. The first kappa shape index (κ1) is 13.8. The Morgan fingerprint density at radius 2 is 1.89 bits per heavy atom. The van der Waals surface area contributed by atoms with Gasteiger partial charge in [-0.3, -0.25) is 4.79 Å². The third-order valence-electron chi connectivity index (χ3n) is 4.60. The van der Waals surface area contributed by atoms with Gasteiger partial charge in [-0.25, -0.2) is 0 Å². The van der Waals surface area contributed by atoms with Crippen LogP contribution < -0.4 is 5.73 Å². The fourth-order valence-corrected chi connectivity index (χ4v) is 3.03. The molecule has 18 heavy (non-hydrogen) atoms. The van der Waals surface area contributed by atoms with Gasteiger partial charge >= 0.3 is 0 Å². The van der Waals surface area contributed by atoms with Gasteiger partial charge in [0.2, 0.25) is 5.91 Å². The first-order valence-corrected chi connectivity index (χ1v) is 7.05. The number of amides is 1. The molecule has 103 valence electrons. The number of hydrogen-bond acceptors (Lipinski definition) is 3. The topological polar surface area (TPSA) is 83.6 Å². The summed E-state index contributed by atoms with van der Waals surface area (Å²) in [4.78, 5) is 11.3. The Morgan fingerprint density at radius 1 is 1.28 bits per heavy atom. The summed E-state index contributed by atoms with van der Waals surface area (Å²) in [6, 6.07) is 0. The van der Waals surface area contributed by atoms with E-state index in [2.05, 4.69) is 0 Å². The Labute approximate surface area is 109 Å². The summed E-state index contributed by atoms with van der Waals surface area (Å²) in [5, 5.41) is 20.0. The largest absolute Gasteiger partial charge is 0.390 e. The highest BCUT2D eigenvalue weighted by Crippen LogP contribution is 2.49. The van der Waals surface area contributed by atoms with Gasteiger partial charge in [0.1, 0.15) is 0 Å². The van der Waals surface area contributed by atoms with Crippen LogP contribution in [0.2, 0.25) is 0 Å². The van der Waals surface area contributed by atoms with Gasteiger partial charge in [-0.15, -0.1) is 0 Å². The lowest BCUT2D eigenvalue weighted by molar-refractivity contribution is -0.130. The van der Waals surface area contributed by atoms with Gasteiger partial charge in [0.15, 0.2) is 0 Å². The predicted molar refractivity (Wildman–Crippen MR) is 68.4 cm³/mol. The number of carbonyl (C=O) groups is 1. The van der Waals surface area contributed by atoms with Crippen molar-refractivity contribution in [2.24, 2.45) is 17.1 Å². The maximum Gasteiger partial charge on any atom is 0.226 e. The fourth-order valence-electron chi connectivity index (χ4n) is 3.03. The van der Waals surface area contributed by atoms with Gasteiger partial charge in [0.25, 0.3) is 0 Å². The molecule has 0 aromatic heterocycles. The van der Waals surface area contributed by atoms with Gasteiger partial charge in [0, 0.05) is 0 Å². The molecule has 0 aromatic carbocycles. The van der Waals surface area contributed by atoms with Crippen LogP contribution in [-0.4, -0.2) is 28.3 Å². The van der Waals surface area contributed by atoms with E-state index in [1.165, 1.54) is 32.1 Å². The summed E-state index contributed by atoms with van der Waals surface area (Å²) < 4.78 is 0. The molecule has 2 fully saturated rings. The van der Waals surface area contributed by atoms with E-state index >= 15 is 0 Å². The molecule has 4 heteroatoms. The first-order chi connectivity index (χ1) is 8.56. The number of primary amides is 1. The van der Waals surface area contributed by atoms with Crippen LogP contribution in [0.3, 0.4) is 0 Å². The quantitative estimate of drug-likeness (QED) is 0.665. The maximum atomic E-state index is 11.3. The van der Waals surface area contributed by atoms with E-state index in [9.17, 15) is 15.0 Å². The fraction of sp³-hybridized carbons (Fsp3) is 0.857. The van der Waals surface area contributed by atoms with Crippen LogP contribution in [0.15, 0.2) is 0 Å². The SMILES string of the molecule is NC(=O)C1([C@H](O)[C@H](O)[CH]CC2CCCCC2)CC1. The molecular formula is C14H24NO3. The summed E-state index contributed by atoms with van der Waals surface area (Å²) in [5.74, 6) is 0.143. The number of rotatable bonds is 6. The molecule has 2 atom stereocenters. The molecule has 2 aliphatic rings. The van der Waals surface area contributed by atoms with Crippen molar-refractivity contribution in [1.82, 2.24) is 0 Å². The Morgan fingerprint density at radius 3 is 2.39 bits per heavy atom. The van der Waals surface area contributed by atoms with E-state index in [0.29, 0.717) is 18.8 Å². The summed E-state index contributed by atoms with van der Waals surface area (Å²) in [6.07, 6.45) is 8.09. The van der Waals surface area contributed by atoms with Crippen LogP contribution in [0.1, 0.15) is 51.4 Å². The standard InChI is InChI=1S/C14H24NO3/c15-13(18)14(8-9-14)12(17)11(16)7-6-10-4-2-1-3-5-10/h7,10-12,16-17H,1-6,8-9H2,(H2,15,18)/t11-,12-/m1/s1. The summed E-state index contributed by atoms with van der Waals surface area (Å²) in [5.41, 5.74) is 4.43. The average molecular weight is 254 g/mol. The Balaban J connectivity index is 1.77. The zero-order valence-electron chi connectivity index (χ0n) is 10.8. The second-order valence-electron chi connectivity index (χ2n) is 5.93. The van der Waals surface area contributed by atoms with E-state index in [-0.39, 0.29) is 0 Å². The molecule has 0 aromatic rings. The highest BCUT2D eigenvalue weighted by Gasteiger charge is 2.56. The molecule has 0 bridgehead atoms. The van der Waals surface area contributed by atoms with Gasteiger partial charge in [-0.1, -0.05) is 32.1 Å². The third kappa shape index (κ3) is 2.86. The predicted octanol–water partition coefficient (Wildman–Crippen LogP) is 1.15. The lowest BCUT2D eigenvalue weighted by atomic mass is 9.83. The maximum absolute atomic E-state index is 11.3. The zero-order valence-corrected chi connectivity index (χ0v) is 10.8. The van der Waals surface area contributed by atoms with Gasteiger partial charge in [-0.05, 0) is 31.6 Å². The van der Waals surface area contributed by atoms with Crippen LogP contribution in [0.4, 0.5) is 0 Å². The summed E-state index contributed by atoms with van der Waals surface area (Å²) in [6.45, 7) is 0. The lowest BCUT2D eigenvalue weighted by Crippen LogP contribution is -2.43. The van der Waals surface area contributed by atoms with Crippen molar-refractivity contribution in [1.29, 1.82) is 0 Å². The minimum Gasteiger partial charge on any atom is -0.390 e. The number of aliphatic hydroxyl groups excluding tert-OH is 2. The molecule has 4 nitrogen and oxygen atoms in total. The summed E-state index contributed by atoms with van der Waals surface area (Å²) in [7, 11) is 0. The van der Waals surface area contributed by atoms with Gasteiger partial charge < -0.3 is 15.9 Å². The Hall–Kier alpha value is -0.610. The van der Waals surface area contributed by atoms with Crippen LogP contribution in [-0.2, 0) is 4.79 Å². The molecule has 1 radical (unpaired) electrons. The molecule has 1 amide bonds. The van der Waals surface area contributed by atoms with Crippen molar-refractivity contribution in [3.05, 3.63) is 6.42 Å². The van der Waals surface area contributed by atoms with Gasteiger partial charge in [0.05, 0.1) is 17.6 Å². The molecule has 2 aliphatic carbocycles. The van der Waals surface area contributed by atoms with Gasteiger partial charge in [-0.2, -0.15) is 0 Å². The van der Waals surface area contributed by atoms with Crippen LogP contribution in [0.25, 0.3) is 0 Å². The van der Waals surface area contributed by atoms with E-state index in [4.69, 9.17) is 5.73 Å². The van der Waals surface area contributed by atoms with Crippen molar-refractivity contribution in [2.45, 2.75) is 63.6 Å². The molecule has 0 aliphatic heterocycles. The van der Waals surface area contributed by atoms with Crippen LogP contribution >= 0.6 is 0 Å². The molecule has 4 N–H and O–H groups in total. The van der Waals surface area contributed by atoms with Crippen LogP contribution in [0.5, 0.6) is 0 Å². The highest BCUT2D eigenvalue weighted by atomic mass is 16.3. The Kier molecular flexibility index (Phi) is 4.28. The molecular weight excluding hydrogens is 230 g/mol. The molecule has 0 unspecified atom stereocenters. The molecule has 0 saturated heterocycles. The second kappa shape index (κ2) is 5.57. The normalized spacial score (nSPS) is 26.6. The van der Waals surface area contributed by atoms with E-state index in [1.807, 2.05) is 0 Å². The number of hydrogen-bond donors (Lipinski definition) is 3. The van der Waals surface area contributed by atoms with E-state index in [0.717, 1.165) is 6.42 Å². The first-order valence-electron chi connectivity index (χ1n) is 7.05. The minimum atomic E-state index is -1.03. The van der Waals surface area contributed by atoms with Crippen molar-refractivity contribution in [3.8, 4) is 0 Å². The number of aliphatic hydroxyl groups is 2. The van der Waals surface area contributed by atoms with E-state index < -0.39 is 23.5 Å². The van der Waals surface area contributed by atoms with E-state index in [1.54, 1.807) is 6.42 Å². The second-order valence-corrected chi connectivity index (χ2v) is 5.93. The average Bonchev–Trinajstić information content (AvgIpc) is 3.17. The number of nitrogens with two attached hydrogens (primary N) is 1. The smallest absolute Gasteiger partial charge is 0.226 e. The lowest BCUT2D eigenvalue weighted by Gasteiger charge is -2.27. The monoisotopic (exact) mass is 254 g/mol. The molecule has 0 heterocycles. The van der Waals surface area contributed by atoms with Crippen molar-refractivity contribution in [3.63, 3.8) is 0 Å². The molecule has 0 spiro atoms. The summed E-state index contributed by atoms with van der Waals surface area (Å²) >= 11 is 0. The van der Waals surface area contributed by atoms with Crippen molar-refractivity contribution in [2.75, 3.05) is 0 Å². The van der Waals surface area contributed by atoms with Crippen LogP contribution in [0, 0.1) is 17.8 Å². The number of carbonyl (C=O) groups excluding carboxylic acids is 1. The van der Waals surface area contributed by atoms with Crippen molar-refractivity contribution < 1.29 is 15.0 Å². The molecule has 2 rings (SSSR count). The van der Waals surface area contributed by atoms with Crippen molar-refractivity contribution >= 4 is 5.91 Å². The third-order valence-corrected chi connectivity index (χ3v) is 4.60. The highest BCUT2D eigenvalue weighted by molar-refractivity contribution is 5.84. The minimum absolute atomic E-state index is 0.486. The Bertz CT molecular complexity index is 295.